The van der Waals surface area contributed by atoms with Gasteiger partial charge in [0.2, 0.25) is 0 Å². The number of carbonyl (C=O) groups is 1. The molecule has 1 fully saturated rings. The molecule has 2 aliphatic heterocycles. The molecule has 7 nitrogen and oxygen atoms in total. The highest BCUT2D eigenvalue weighted by molar-refractivity contribution is 5.97. The van der Waals surface area contributed by atoms with Crippen molar-refractivity contribution in [2.45, 2.75) is 25.7 Å². The highest BCUT2D eigenvalue weighted by Crippen LogP contribution is 2.33. The molecule has 1 saturated heterocycles. The van der Waals surface area contributed by atoms with E-state index >= 15 is 0 Å². The highest BCUT2D eigenvalue weighted by atomic mass is 16.5. The zero-order chi connectivity index (χ0) is 23.9. The van der Waals surface area contributed by atoms with Gasteiger partial charge in [0.25, 0.3) is 5.91 Å². The first kappa shape index (κ1) is 24.2. The quantitative estimate of drug-likeness (QED) is 0.493. The van der Waals surface area contributed by atoms with E-state index in [1.54, 1.807) is 21.3 Å². The molecule has 2 aromatic rings. The summed E-state index contributed by atoms with van der Waals surface area (Å²) in [6.45, 7) is 5.43. The molecule has 2 heterocycles. The number of carbonyl (C=O) groups excluding carboxylic acids is 1. The van der Waals surface area contributed by atoms with Gasteiger partial charge in [-0.3, -0.25) is 4.79 Å². The second-order valence-corrected chi connectivity index (χ2v) is 9.05. The molecule has 2 aliphatic rings. The number of hydrogen-bond acceptors (Lipinski definition) is 6. The molecule has 1 unspecified atom stereocenters. The summed E-state index contributed by atoms with van der Waals surface area (Å²) in [4.78, 5) is 17.8. The predicted octanol–water partition coefficient (Wildman–Crippen LogP) is 3.89. The van der Waals surface area contributed by atoms with Gasteiger partial charge in [-0.05, 0) is 80.1 Å². The molecule has 34 heavy (non-hydrogen) atoms. The molecule has 0 radical (unpaired) electrons. The SMILES string of the molecule is COc1ccc(OCCCN2CCCC(CN3CCc4cc(OC)c(OC)cc4C3=O)C2)cc1. The molecule has 0 spiro atoms. The van der Waals surface area contributed by atoms with Crippen LogP contribution in [-0.2, 0) is 6.42 Å². The fourth-order valence-electron chi connectivity index (χ4n) is 4.99. The molecule has 0 N–H and O–H groups in total. The Morgan fingerprint density at radius 1 is 0.941 bits per heavy atom. The third-order valence-corrected chi connectivity index (χ3v) is 6.81. The molecule has 0 saturated carbocycles. The van der Waals surface area contributed by atoms with Crippen LogP contribution in [0, 0.1) is 5.92 Å². The number of benzene rings is 2. The van der Waals surface area contributed by atoms with Crippen LogP contribution in [-0.4, -0.2) is 76.4 Å². The minimum atomic E-state index is 0.104. The first-order valence-electron chi connectivity index (χ1n) is 12.1. The molecule has 1 atom stereocenters. The van der Waals surface area contributed by atoms with E-state index in [-0.39, 0.29) is 5.91 Å². The number of amides is 1. The van der Waals surface area contributed by atoms with Crippen molar-refractivity contribution in [1.82, 2.24) is 9.80 Å². The van der Waals surface area contributed by atoms with Crippen LogP contribution in [0.15, 0.2) is 36.4 Å². The third kappa shape index (κ3) is 5.76. The van der Waals surface area contributed by atoms with E-state index < -0.39 is 0 Å². The standard InChI is InChI=1S/C27H36N2O5/c1-31-22-7-9-23(10-8-22)34-15-5-13-28-12-4-6-20(18-28)19-29-14-11-21-16-25(32-2)26(33-3)17-24(21)27(29)30/h7-10,16-17,20H,4-6,11-15,18-19H2,1-3H3. The van der Waals surface area contributed by atoms with Gasteiger partial charge in [0.15, 0.2) is 11.5 Å². The van der Waals surface area contributed by atoms with Gasteiger partial charge >= 0.3 is 0 Å². The fraction of sp³-hybridized carbons (Fsp3) is 0.519. The first-order chi connectivity index (χ1) is 16.6. The number of likely N-dealkylation sites (tertiary alicyclic amines) is 1. The molecule has 184 valence electrons. The topological polar surface area (TPSA) is 60.5 Å². The minimum absolute atomic E-state index is 0.104. The summed E-state index contributed by atoms with van der Waals surface area (Å²) in [6, 6.07) is 11.5. The van der Waals surface area contributed by atoms with E-state index in [0.29, 0.717) is 24.0 Å². The molecule has 4 rings (SSSR count). The van der Waals surface area contributed by atoms with Gasteiger partial charge in [-0.25, -0.2) is 0 Å². The number of piperidine rings is 1. The summed E-state index contributed by atoms with van der Waals surface area (Å²) in [6.07, 6.45) is 4.17. The lowest BCUT2D eigenvalue weighted by atomic mass is 9.94. The van der Waals surface area contributed by atoms with Gasteiger partial charge in [-0.1, -0.05) is 0 Å². The monoisotopic (exact) mass is 468 g/mol. The van der Waals surface area contributed by atoms with Crippen molar-refractivity contribution in [1.29, 1.82) is 0 Å². The van der Waals surface area contributed by atoms with E-state index in [1.165, 1.54) is 12.8 Å². The average molecular weight is 469 g/mol. The van der Waals surface area contributed by atoms with E-state index in [1.807, 2.05) is 41.3 Å². The lowest BCUT2D eigenvalue weighted by Gasteiger charge is -2.37. The zero-order valence-electron chi connectivity index (χ0n) is 20.5. The summed E-state index contributed by atoms with van der Waals surface area (Å²) in [5.41, 5.74) is 1.79. The van der Waals surface area contributed by atoms with Crippen molar-refractivity contribution in [3.05, 3.63) is 47.5 Å². The third-order valence-electron chi connectivity index (χ3n) is 6.81. The van der Waals surface area contributed by atoms with Crippen molar-refractivity contribution < 1.29 is 23.7 Å². The molecule has 0 bridgehead atoms. The van der Waals surface area contributed by atoms with Crippen molar-refractivity contribution in [3.8, 4) is 23.0 Å². The number of rotatable bonds is 10. The number of hydrogen-bond donors (Lipinski definition) is 0. The van der Waals surface area contributed by atoms with Crippen LogP contribution in [0.1, 0.15) is 35.2 Å². The van der Waals surface area contributed by atoms with E-state index in [4.69, 9.17) is 18.9 Å². The van der Waals surface area contributed by atoms with Gasteiger partial charge in [0.1, 0.15) is 11.5 Å². The van der Waals surface area contributed by atoms with Crippen molar-refractivity contribution in [2.24, 2.45) is 5.92 Å². The van der Waals surface area contributed by atoms with E-state index in [2.05, 4.69) is 4.90 Å². The molecule has 0 aliphatic carbocycles. The van der Waals surface area contributed by atoms with Gasteiger partial charge in [-0.2, -0.15) is 0 Å². The number of methoxy groups -OCH3 is 3. The van der Waals surface area contributed by atoms with Gasteiger partial charge in [-0.15, -0.1) is 0 Å². The molecular formula is C27H36N2O5. The van der Waals surface area contributed by atoms with Crippen LogP contribution in [0.3, 0.4) is 0 Å². The van der Waals surface area contributed by atoms with Crippen LogP contribution in [0.25, 0.3) is 0 Å². The van der Waals surface area contributed by atoms with Crippen molar-refractivity contribution in [3.63, 3.8) is 0 Å². The summed E-state index contributed by atoms with van der Waals surface area (Å²) >= 11 is 0. The van der Waals surface area contributed by atoms with Crippen molar-refractivity contribution in [2.75, 3.05) is 60.7 Å². The second-order valence-electron chi connectivity index (χ2n) is 9.05. The van der Waals surface area contributed by atoms with Crippen LogP contribution in [0.4, 0.5) is 0 Å². The molecule has 7 heteroatoms. The lowest BCUT2D eigenvalue weighted by Crippen LogP contribution is -2.45. The summed E-state index contributed by atoms with van der Waals surface area (Å²) < 4.78 is 21.9. The Balaban J connectivity index is 1.25. The van der Waals surface area contributed by atoms with Crippen LogP contribution < -0.4 is 18.9 Å². The Bertz CT molecular complexity index is 962. The maximum Gasteiger partial charge on any atom is 0.254 e. The Morgan fingerprint density at radius 2 is 1.68 bits per heavy atom. The first-order valence-corrected chi connectivity index (χ1v) is 12.1. The van der Waals surface area contributed by atoms with Crippen LogP contribution >= 0.6 is 0 Å². The Hall–Kier alpha value is -2.93. The Morgan fingerprint density at radius 3 is 2.41 bits per heavy atom. The van der Waals surface area contributed by atoms with Crippen molar-refractivity contribution >= 4 is 5.91 Å². The van der Waals surface area contributed by atoms with Gasteiger partial charge < -0.3 is 28.7 Å². The summed E-state index contributed by atoms with van der Waals surface area (Å²) in [5, 5.41) is 0. The Kier molecular flexibility index (Phi) is 8.16. The van der Waals surface area contributed by atoms with E-state index in [9.17, 15) is 4.79 Å². The zero-order valence-corrected chi connectivity index (χ0v) is 20.5. The largest absolute Gasteiger partial charge is 0.497 e. The van der Waals surface area contributed by atoms with Gasteiger partial charge in [0.05, 0.1) is 27.9 Å². The minimum Gasteiger partial charge on any atom is -0.497 e. The Labute approximate surface area is 202 Å². The summed E-state index contributed by atoms with van der Waals surface area (Å²) in [7, 11) is 4.89. The number of ether oxygens (including phenoxy) is 4. The predicted molar refractivity (Wildman–Crippen MR) is 131 cm³/mol. The average Bonchev–Trinajstić information content (AvgIpc) is 2.88. The molecular weight excluding hydrogens is 432 g/mol. The maximum atomic E-state index is 13.2. The second kappa shape index (κ2) is 11.5. The normalized spacial score (nSPS) is 18.4. The number of nitrogens with zero attached hydrogens (tertiary/aromatic N) is 2. The fourth-order valence-corrected chi connectivity index (χ4v) is 4.99. The van der Waals surface area contributed by atoms with Crippen LogP contribution in [0.5, 0.6) is 23.0 Å². The lowest BCUT2D eigenvalue weighted by molar-refractivity contribution is 0.0658. The number of fused-ring (bicyclic) bond motifs is 1. The maximum absolute atomic E-state index is 13.2. The molecule has 0 aromatic heterocycles. The highest BCUT2D eigenvalue weighted by Gasteiger charge is 2.29. The van der Waals surface area contributed by atoms with Crippen LogP contribution in [0.2, 0.25) is 0 Å². The van der Waals surface area contributed by atoms with E-state index in [0.717, 1.165) is 68.2 Å². The molecule has 1 amide bonds. The molecule has 2 aromatic carbocycles. The smallest absolute Gasteiger partial charge is 0.254 e. The van der Waals surface area contributed by atoms with Gasteiger partial charge in [0, 0.05) is 31.7 Å². The summed E-state index contributed by atoms with van der Waals surface area (Å²) in [5.74, 6) is 3.60.